The third kappa shape index (κ3) is 1.37. The molecule has 3 heteroatoms. The molecule has 1 unspecified atom stereocenters. The van der Waals surface area contributed by atoms with Gasteiger partial charge >= 0.3 is 0 Å². The van der Waals surface area contributed by atoms with E-state index >= 15 is 0 Å². The Morgan fingerprint density at radius 1 is 1.50 bits per heavy atom. The monoisotopic (exact) mass is 173 g/mol. The van der Waals surface area contributed by atoms with E-state index in [2.05, 4.69) is 13.8 Å². The molecule has 0 amide bonds. The molecule has 72 valence electrons. The van der Waals surface area contributed by atoms with Crippen molar-refractivity contribution in [2.24, 2.45) is 11.1 Å². The average Bonchev–Trinajstić information content (AvgIpc) is 2.29. The van der Waals surface area contributed by atoms with Gasteiger partial charge in [-0.25, -0.2) is 0 Å². The maximum Gasteiger partial charge on any atom is 0.0696 e. The summed E-state index contributed by atoms with van der Waals surface area (Å²) in [5.74, 6) is 0. The van der Waals surface area contributed by atoms with Crippen molar-refractivity contribution in [2.75, 3.05) is 19.8 Å². The summed E-state index contributed by atoms with van der Waals surface area (Å²) in [6.07, 6.45) is 1.72. The summed E-state index contributed by atoms with van der Waals surface area (Å²) >= 11 is 0. The second kappa shape index (κ2) is 3.32. The van der Waals surface area contributed by atoms with Gasteiger partial charge in [-0.3, -0.25) is 0 Å². The van der Waals surface area contributed by atoms with Crippen molar-refractivity contribution in [3.05, 3.63) is 0 Å². The Labute approximate surface area is 73.9 Å². The SMILES string of the molecule is CC1(C)OCCC1(CN)CCO. The van der Waals surface area contributed by atoms with E-state index < -0.39 is 0 Å². The zero-order chi connectivity index (χ0) is 9.24. The topological polar surface area (TPSA) is 55.5 Å². The van der Waals surface area contributed by atoms with E-state index in [0.29, 0.717) is 6.54 Å². The first kappa shape index (κ1) is 9.96. The van der Waals surface area contributed by atoms with Crippen molar-refractivity contribution < 1.29 is 9.84 Å². The number of nitrogens with two attached hydrogens (primary N) is 1. The summed E-state index contributed by atoms with van der Waals surface area (Å²) in [5.41, 5.74) is 5.55. The lowest BCUT2D eigenvalue weighted by Crippen LogP contribution is -2.46. The largest absolute Gasteiger partial charge is 0.396 e. The molecule has 1 rings (SSSR count). The third-order valence-electron chi connectivity index (χ3n) is 3.30. The van der Waals surface area contributed by atoms with Crippen LogP contribution in [-0.2, 0) is 4.74 Å². The first-order valence-electron chi connectivity index (χ1n) is 4.53. The van der Waals surface area contributed by atoms with E-state index in [9.17, 15) is 0 Å². The van der Waals surface area contributed by atoms with Gasteiger partial charge in [0.1, 0.15) is 0 Å². The number of rotatable bonds is 3. The molecule has 0 bridgehead atoms. The van der Waals surface area contributed by atoms with E-state index in [-0.39, 0.29) is 17.6 Å². The van der Waals surface area contributed by atoms with Gasteiger partial charge in [0.15, 0.2) is 0 Å². The lowest BCUT2D eigenvalue weighted by atomic mass is 9.71. The number of hydrogen-bond donors (Lipinski definition) is 2. The molecule has 3 N–H and O–H groups in total. The molecule has 1 aliphatic rings. The Hall–Kier alpha value is -0.120. The molecular formula is C9H19NO2. The Morgan fingerprint density at radius 2 is 2.17 bits per heavy atom. The van der Waals surface area contributed by atoms with Gasteiger partial charge in [0, 0.05) is 25.2 Å². The van der Waals surface area contributed by atoms with Crippen LogP contribution in [0, 0.1) is 5.41 Å². The molecule has 0 aromatic heterocycles. The van der Waals surface area contributed by atoms with Gasteiger partial charge < -0.3 is 15.6 Å². The van der Waals surface area contributed by atoms with Gasteiger partial charge in [-0.1, -0.05) is 0 Å². The third-order valence-corrected chi connectivity index (χ3v) is 3.30. The Balaban J connectivity index is 2.76. The minimum atomic E-state index is -0.176. The summed E-state index contributed by atoms with van der Waals surface area (Å²) < 4.78 is 5.61. The average molecular weight is 173 g/mol. The quantitative estimate of drug-likeness (QED) is 0.654. The lowest BCUT2D eigenvalue weighted by Gasteiger charge is -2.38. The normalized spacial score (nSPS) is 34.0. The van der Waals surface area contributed by atoms with Crippen LogP contribution in [-0.4, -0.2) is 30.5 Å². The first-order valence-corrected chi connectivity index (χ1v) is 4.53. The summed E-state index contributed by atoms with van der Waals surface area (Å²) in [6.45, 7) is 5.68. The molecule has 0 radical (unpaired) electrons. The van der Waals surface area contributed by atoms with Gasteiger partial charge in [0.25, 0.3) is 0 Å². The minimum absolute atomic E-state index is 0.0122. The van der Waals surface area contributed by atoms with Crippen molar-refractivity contribution in [2.45, 2.75) is 32.3 Å². The zero-order valence-electron chi connectivity index (χ0n) is 7.97. The molecule has 1 saturated heterocycles. The molecule has 1 heterocycles. The van der Waals surface area contributed by atoms with Crippen LogP contribution in [0.25, 0.3) is 0 Å². The second-order valence-corrected chi connectivity index (χ2v) is 4.07. The summed E-state index contributed by atoms with van der Waals surface area (Å²) in [6, 6.07) is 0. The van der Waals surface area contributed by atoms with Gasteiger partial charge in [-0.2, -0.15) is 0 Å². The minimum Gasteiger partial charge on any atom is -0.396 e. The maximum absolute atomic E-state index is 8.94. The summed E-state index contributed by atoms with van der Waals surface area (Å²) in [4.78, 5) is 0. The fourth-order valence-electron chi connectivity index (χ4n) is 2.05. The van der Waals surface area contributed by atoms with Gasteiger partial charge in [0.05, 0.1) is 5.60 Å². The molecule has 3 nitrogen and oxygen atoms in total. The van der Waals surface area contributed by atoms with Crippen LogP contribution in [0.15, 0.2) is 0 Å². The molecule has 1 atom stereocenters. The van der Waals surface area contributed by atoms with Crippen LogP contribution in [0.1, 0.15) is 26.7 Å². The van der Waals surface area contributed by atoms with Crippen molar-refractivity contribution >= 4 is 0 Å². The van der Waals surface area contributed by atoms with E-state index in [1.165, 1.54) is 0 Å². The molecule has 0 spiro atoms. The standard InChI is InChI=1S/C9H19NO2/c1-8(2)9(7-10,3-5-11)4-6-12-8/h11H,3-7,10H2,1-2H3. The predicted molar refractivity (Wildman–Crippen MR) is 47.8 cm³/mol. The lowest BCUT2D eigenvalue weighted by molar-refractivity contribution is -0.0383. The second-order valence-electron chi connectivity index (χ2n) is 4.07. The molecule has 0 saturated carbocycles. The van der Waals surface area contributed by atoms with Crippen LogP contribution in [0.2, 0.25) is 0 Å². The molecule has 0 aromatic carbocycles. The molecule has 0 aromatic rings. The highest BCUT2D eigenvalue weighted by atomic mass is 16.5. The highest BCUT2D eigenvalue weighted by Crippen LogP contribution is 2.44. The fourth-order valence-corrected chi connectivity index (χ4v) is 2.05. The van der Waals surface area contributed by atoms with Crippen LogP contribution in [0.4, 0.5) is 0 Å². The molecular weight excluding hydrogens is 154 g/mol. The fraction of sp³-hybridized carbons (Fsp3) is 1.00. The van der Waals surface area contributed by atoms with Gasteiger partial charge in [-0.15, -0.1) is 0 Å². The van der Waals surface area contributed by atoms with E-state index in [4.69, 9.17) is 15.6 Å². The molecule has 1 fully saturated rings. The molecule has 0 aliphatic carbocycles. The van der Waals surface area contributed by atoms with Crippen molar-refractivity contribution in [1.82, 2.24) is 0 Å². The number of aliphatic hydroxyl groups is 1. The van der Waals surface area contributed by atoms with Crippen LogP contribution >= 0.6 is 0 Å². The first-order chi connectivity index (χ1) is 5.58. The highest BCUT2D eigenvalue weighted by molar-refractivity contribution is 4.99. The maximum atomic E-state index is 8.94. The van der Waals surface area contributed by atoms with Crippen molar-refractivity contribution in [1.29, 1.82) is 0 Å². The van der Waals surface area contributed by atoms with E-state index in [1.807, 2.05) is 0 Å². The highest BCUT2D eigenvalue weighted by Gasteiger charge is 2.48. The Bertz CT molecular complexity index is 159. The molecule has 1 aliphatic heterocycles. The Kier molecular flexibility index (Phi) is 2.76. The van der Waals surface area contributed by atoms with E-state index in [1.54, 1.807) is 0 Å². The Morgan fingerprint density at radius 3 is 2.50 bits per heavy atom. The summed E-state index contributed by atoms with van der Waals surface area (Å²) in [7, 11) is 0. The summed E-state index contributed by atoms with van der Waals surface area (Å²) in [5, 5.41) is 8.94. The zero-order valence-corrected chi connectivity index (χ0v) is 7.97. The number of hydrogen-bond acceptors (Lipinski definition) is 3. The number of aliphatic hydroxyl groups excluding tert-OH is 1. The smallest absolute Gasteiger partial charge is 0.0696 e. The number of ether oxygens (including phenoxy) is 1. The molecule has 12 heavy (non-hydrogen) atoms. The van der Waals surface area contributed by atoms with Crippen molar-refractivity contribution in [3.8, 4) is 0 Å². The predicted octanol–water partition coefficient (Wildman–Crippen LogP) is 0.513. The van der Waals surface area contributed by atoms with Gasteiger partial charge in [-0.05, 0) is 26.7 Å². The van der Waals surface area contributed by atoms with Crippen LogP contribution in [0.5, 0.6) is 0 Å². The van der Waals surface area contributed by atoms with Gasteiger partial charge in [0.2, 0.25) is 0 Å². The van der Waals surface area contributed by atoms with Crippen LogP contribution < -0.4 is 5.73 Å². The van der Waals surface area contributed by atoms with Crippen LogP contribution in [0.3, 0.4) is 0 Å². The van der Waals surface area contributed by atoms with Crippen molar-refractivity contribution in [3.63, 3.8) is 0 Å². The van der Waals surface area contributed by atoms with E-state index in [0.717, 1.165) is 19.4 Å².